The van der Waals surface area contributed by atoms with Crippen LogP contribution < -0.4 is 9.64 Å². The molecule has 0 unspecified atom stereocenters. The van der Waals surface area contributed by atoms with Crippen molar-refractivity contribution in [3.8, 4) is 17.1 Å². The first-order valence-electron chi connectivity index (χ1n) is 9.14. The van der Waals surface area contributed by atoms with Gasteiger partial charge in [-0.15, -0.1) is 0 Å². The van der Waals surface area contributed by atoms with Crippen molar-refractivity contribution in [1.29, 1.82) is 0 Å². The van der Waals surface area contributed by atoms with E-state index >= 15 is 0 Å². The van der Waals surface area contributed by atoms with Crippen molar-refractivity contribution in [2.24, 2.45) is 0 Å². The van der Waals surface area contributed by atoms with Crippen molar-refractivity contribution in [2.45, 2.75) is 25.2 Å². The molecule has 5 nitrogen and oxygen atoms in total. The zero-order valence-corrected chi connectivity index (χ0v) is 15.5. The summed E-state index contributed by atoms with van der Waals surface area (Å²) in [4.78, 5) is 19.3. The van der Waals surface area contributed by atoms with Crippen molar-refractivity contribution >= 4 is 11.6 Å². The number of anilines is 1. The van der Waals surface area contributed by atoms with Crippen molar-refractivity contribution in [3.05, 3.63) is 66.7 Å². The Bertz CT molecular complexity index is 937. The topological polar surface area (TPSA) is 55.6 Å². The molecule has 1 aliphatic rings. The number of hydrogen-bond acceptors (Lipinski definition) is 4. The molecule has 0 saturated carbocycles. The van der Waals surface area contributed by atoms with Crippen molar-refractivity contribution < 1.29 is 13.9 Å². The average molecular weight is 362 g/mol. The Balaban J connectivity index is 1.70. The van der Waals surface area contributed by atoms with Crippen LogP contribution in [-0.2, 0) is 10.2 Å². The van der Waals surface area contributed by atoms with E-state index in [9.17, 15) is 4.79 Å². The maximum absolute atomic E-state index is 13.4. The molecular formula is C22H22N2O3. The second-order valence-corrected chi connectivity index (χ2v) is 6.76. The van der Waals surface area contributed by atoms with Gasteiger partial charge in [-0.1, -0.05) is 37.3 Å². The van der Waals surface area contributed by atoms with E-state index in [2.05, 4.69) is 24.0 Å². The van der Waals surface area contributed by atoms with E-state index in [1.807, 2.05) is 41.3 Å². The summed E-state index contributed by atoms with van der Waals surface area (Å²) in [5.74, 6) is 1.44. The number of nitrogens with zero attached hydrogens (tertiary/aromatic N) is 2. The van der Waals surface area contributed by atoms with Crippen molar-refractivity contribution in [1.82, 2.24) is 4.98 Å². The van der Waals surface area contributed by atoms with E-state index < -0.39 is 5.41 Å². The van der Waals surface area contributed by atoms with Gasteiger partial charge in [0.15, 0.2) is 12.2 Å². The predicted molar refractivity (Wildman–Crippen MR) is 104 cm³/mol. The minimum Gasteiger partial charge on any atom is -0.496 e. The van der Waals surface area contributed by atoms with Gasteiger partial charge in [0, 0.05) is 18.3 Å². The fourth-order valence-corrected chi connectivity index (χ4v) is 3.97. The molecule has 0 spiro atoms. The lowest BCUT2D eigenvalue weighted by atomic mass is 9.77. The smallest absolute Gasteiger partial charge is 0.237 e. The summed E-state index contributed by atoms with van der Waals surface area (Å²) in [5, 5.41) is 0. The summed E-state index contributed by atoms with van der Waals surface area (Å²) in [6, 6.07) is 15.8. The van der Waals surface area contributed by atoms with Crippen LogP contribution in [-0.4, -0.2) is 24.5 Å². The van der Waals surface area contributed by atoms with Crippen LogP contribution in [0.3, 0.4) is 0 Å². The van der Waals surface area contributed by atoms with Crippen LogP contribution in [0.2, 0.25) is 0 Å². The number of aromatic nitrogens is 1. The van der Waals surface area contributed by atoms with E-state index in [0.29, 0.717) is 18.1 Å². The summed E-state index contributed by atoms with van der Waals surface area (Å²) in [5.41, 5.74) is 2.28. The Morgan fingerprint density at radius 1 is 1.22 bits per heavy atom. The summed E-state index contributed by atoms with van der Waals surface area (Å²) in [6.45, 7) is 2.77. The molecule has 1 atom stereocenters. The molecule has 1 amide bonds. The summed E-state index contributed by atoms with van der Waals surface area (Å²) < 4.78 is 10.9. The monoisotopic (exact) mass is 362 g/mol. The van der Waals surface area contributed by atoms with Crippen LogP contribution in [0, 0.1) is 0 Å². The van der Waals surface area contributed by atoms with E-state index in [1.165, 1.54) is 6.39 Å². The third-order valence-electron chi connectivity index (χ3n) is 5.54. The summed E-state index contributed by atoms with van der Waals surface area (Å²) in [6.07, 6.45) is 4.62. The normalized spacial score (nSPS) is 19.5. The fraction of sp³-hybridized carbons (Fsp3) is 0.273. The molecule has 0 N–H and O–H groups in total. The molecule has 3 aromatic rings. The molecule has 0 aliphatic carbocycles. The first-order chi connectivity index (χ1) is 13.2. The highest BCUT2D eigenvalue weighted by Gasteiger charge is 2.47. The van der Waals surface area contributed by atoms with Gasteiger partial charge in [-0.3, -0.25) is 4.79 Å². The van der Waals surface area contributed by atoms with E-state index in [4.69, 9.17) is 9.15 Å². The zero-order chi connectivity index (χ0) is 18.9. The molecule has 1 fully saturated rings. The highest BCUT2D eigenvalue weighted by molar-refractivity contribution is 6.03. The van der Waals surface area contributed by atoms with Gasteiger partial charge in [-0.25, -0.2) is 4.98 Å². The van der Waals surface area contributed by atoms with Crippen LogP contribution in [0.15, 0.2) is 65.5 Å². The Morgan fingerprint density at radius 2 is 2.04 bits per heavy atom. The Morgan fingerprint density at radius 3 is 2.70 bits per heavy atom. The molecule has 4 rings (SSSR count). The standard InChI is InChI=1S/C22H22N2O3/c1-3-22(16-7-5-4-6-8-16)11-12-24(21(22)25)17-9-10-18(19(13-17)26-2)20-14-23-15-27-20/h4-10,13-15H,3,11-12H2,1-2H3/t22-/m1/s1. The molecule has 0 bridgehead atoms. The maximum Gasteiger partial charge on any atom is 0.237 e. The van der Waals surface area contributed by atoms with Gasteiger partial charge >= 0.3 is 0 Å². The highest BCUT2D eigenvalue weighted by atomic mass is 16.5. The molecule has 1 saturated heterocycles. The predicted octanol–water partition coefficient (Wildman–Crippen LogP) is 4.43. The summed E-state index contributed by atoms with van der Waals surface area (Å²) >= 11 is 0. The third kappa shape index (κ3) is 2.79. The van der Waals surface area contributed by atoms with Gasteiger partial charge < -0.3 is 14.1 Å². The molecule has 2 aromatic carbocycles. The van der Waals surface area contributed by atoms with Crippen LogP contribution in [0.5, 0.6) is 5.75 Å². The van der Waals surface area contributed by atoms with Gasteiger partial charge in [0.1, 0.15) is 5.75 Å². The van der Waals surface area contributed by atoms with Crippen LogP contribution in [0.25, 0.3) is 11.3 Å². The number of rotatable bonds is 5. The van der Waals surface area contributed by atoms with E-state index in [1.54, 1.807) is 13.3 Å². The summed E-state index contributed by atoms with van der Waals surface area (Å²) in [7, 11) is 1.62. The average Bonchev–Trinajstić information content (AvgIpc) is 3.37. The number of hydrogen-bond donors (Lipinski definition) is 0. The second kappa shape index (κ2) is 6.91. The van der Waals surface area contributed by atoms with Gasteiger partial charge in [-0.05, 0) is 30.5 Å². The van der Waals surface area contributed by atoms with Gasteiger partial charge in [0.25, 0.3) is 0 Å². The Hall–Kier alpha value is -3.08. The molecule has 0 radical (unpaired) electrons. The number of benzene rings is 2. The SMILES string of the molecule is CC[C@]1(c2ccccc2)CCN(c2ccc(-c3cnco3)c(OC)c2)C1=O. The van der Waals surface area contributed by atoms with E-state index in [-0.39, 0.29) is 5.91 Å². The van der Waals surface area contributed by atoms with Crippen molar-refractivity contribution in [2.75, 3.05) is 18.6 Å². The quantitative estimate of drug-likeness (QED) is 0.673. The lowest BCUT2D eigenvalue weighted by Gasteiger charge is -2.27. The maximum atomic E-state index is 13.4. The lowest BCUT2D eigenvalue weighted by Crippen LogP contribution is -2.37. The highest BCUT2D eigenvalue weighted by Crippen LogP contribution is 2.42. The molecule has 2 heterocycles. The largest absolute Gasteiger partial charge is 0.496 e. The minimum absolute atomic E-state index is 0.144. The first kappa shape index (κ1) is 17.3. The van der Waals surface area contributed by atoms with Crippen LogP contribution in [0.4, 0.5) is 5.69 Å². The molecule has 1 aliphatic heterocycles. The molecular weight excluding hydrogens is 340 g/mol. The number of amides is 1. The number of carbonyl (C=O) groups excluding carboxylic acids is 1. The molecule has 27 heavy (non-hydrogen) atoms. The lowest BCUT2D eigenvalue weighted by molar-refractivity contribution is -0.122. The zero-order valence-electron chi connectivity index (χ0n) is 15.5. The number of ether oxygens (including phenoxy) is 1. The van der Waals surface area contributed by atoms with Gasteiger partial charge in [0.2, 0.25) is 5.91 Å². The van der Waals surface area contributed by atoms with E-state index in [0.717, 1.165) is 29.7 Å². The van der Waals surface area contributed by atoms with Crippen LogP contribution in [0.1, 0.15) is 25.3 Å². The van der Waals surface area contributed by atoms with Gasteiger partial charge in [0.05, 0.1) is 24.3 Å². The van der Waals surface area contributed by atoms with Crippen LogP contribution >= 0.6 is 0 Å². The minimum atomic E-state index is -0.460. The van der Waals surface area contributed by atoms with Crippen molar-refractivity contribution in [3.63, 3.8) is 0 Å². The number of carbonyl (C=O) groups is 1. The molecule has 5 heteroatoms. The third-order valence-corrected chi connectivity index (χ3v) is 5.54. The molecule has 1 aromatic heterocycles. The Labute approximate surface area is 158 Å². The number of oxazole rings is 1. The van der Waals surface area contributed by atoms with Gasteiger partial charge in [-0.2, -0.15) is 0 Å². The molecule has 138 valence electrons. The second-order valence-electron chi connectivity index (χ2n) is 6.76. The first-order valence-corrected chi connectivity index (χ1v) is 9.14. The Kier molecular flexibility index (Phi) is 4.44. The number of methoxy groups -OCH3 is 1. The fourth-order valence-electron chi connectivity index (χ4n) is 3.97.